The van der Waals surface area contributed by atoms with Crippen LogP contribution in [0.2, 0.25) is 0 Å². The van der Waals surface area contributed by atoms with Crippen LogP contribution in [0, 0.1) is 13.8 Å². The highest BCUT2D eigenvalue weighted by atomic mass is 16.5. The second kappa shape index (κ2) is 7.72. The predicted molar refractivity (Wildman–Crippen MR) is 115 cm³/mol. The Morgan fingerprint density at radius 2 is 1.76 bits per heavy atom. The minimum atomic E-state index is -0.200. The molecule has 4 rings (SSSR count). The van der Waals surface area contributed by atoms with E-state index in [0.717, 1.165) is 39.0 Å². The van der Waals surface area contributed by atoms with E-state index >= 15 is 0 Å². The van der Waals surface area contributed by atoms with E-state index in [4.69, 9.17) is 9.72 Å². The van der Waals surface area contributed by atoms with Gasteiger partial charge in [0, 0.05) is 17.1 Å². The van der Waals surface area contributed by atoms with Crippen LogP contribution in [-0.2, 0) is 0 Å². The zero-order valence-electron chi connectivity index (χ0n) is 16.6. The zero-order valence-corrected chi connectivity index (χ0v) is 16.6. The summed E-state index contributed by atoms with van der Waals surface area (Å²) < 4.78 is 5.25. The van der Waals surface area contributed by atoms with Gasteiger partial charge in [-0.3, -0.25) is 4.79 Å². The van der Waals surface area contributed by atoms with Crippen molar-refractivity contribution in [2.45, 2.75) is 13.8 Å². The van der Waals surface area contributed by atoms with E-state index in [9.17, 15) is 4.79 Å². The number of para-hydroxylation sites is 1. The third-order valence-corrected chi connectivity index (χ3v) is 4.88. The number of hydrogen-bond acceptors (Lipinski definition) is 4. The fourth-order valence-corrected chi connectivity index (χ4v) is 3.41. The number of benzene rings is 2. The molecule has 0 aliphatic carbocycles. The Morgan fingerprint density at radius 3 is 2.48 bits per heavy atom. The molecule has 2 aromatic heterocycles. The van der Waals surface area contributed by atoms with Crippen molar-refractivity contribution < 1.29 is 9.53 Å². The number of ether oxygens (including phenoxy) is 1. The van der Waals surface area contributed by atoms with Gasteiger partial charge in [-0.2, -0.15) is 0 Å². The molecule has 0 aliphatic rings. The fourth-order valence-electron chi connectivity index (χ4n) is 3.41. The summed E-state index contributed by atoms with van der Waals surface area (Å²) in [4.78, 5) is 22.3. The van der Waals surface area contributed by atoms with Crippen molar-refractivity contribution in [1.29, 1.82) is 0 Å². The second-order valence-corrected chi connectivity index (χ2v) is 6.88. The number of amides is 1. The topological polar surface area (TPSA) is 64.1 Å². The summed E-state index contributed by atoms with van der Waals surface area (Å²) in [6, 6.07) is 19.1. The molecular weight excluding hydrogens is 362 g/mol. The molecule has 5 nitrogen and oxygen atoms in total. The van der Waals surface area contributed by atoms with Crippen molar-refractivity contribution >= 4 is 22.6 Å². The minimum Gasteiger partial charge on any atom is -0.497 e. The number of hydrogen-bond donors (Lipinski definition) is 1. The standard InChI is InChI=1S/C24H21N3O2/c1-15-12-13-25-21(14-15)27-24(28)22-16(2)23(17-8-10-18(29-3)11-9-17)26-20-7-5-4-6-19(20)22/h4-14H,1-3H3,(H,25,27,28). The van der Waals surface area contributed by atoms with E-state index in [1.165, 1.54) is 0 Å². The molecule has 2 heterocycles. The smallest absolute Gasteiger partial charge is 0.257 e. The number of aryl methyl sites for hydroxylation is 1. The summed E-state index contributed by atoms with van der Waals surface area (Å²) in [5.74, 6) is 1.10. The summed E-state index contributed by atoms with van der Waals surface area (Å²) in [5.41, 5.74) is 4.92. The van der Waals surface area contributed by atoms with Gasteiger partial charge in [0.1, 0.15) is 11.6 Å². The molecule has 29 heavy (non-hydrogen) atoms. The van der Waals surface area contributed by atoms with E-state index in [1.807, 2.05) is 74.5 Å². The van der Waals surface area contributed by atoms with E-state index in [-0.39, 0.29) is 5.91 Å². The monoisotopic (exact) mass is 383 g/mol. The Bertz CT molecular complexity index is 1200. The molecule has 4 aromatic rings. The van der Waals surface area contributed by atoms with Gasteiger partial charge in [-0.25, -0.2) is 9.97 Å². The molecule has 1 amide bonds. The van der Waals surface area contributed by atoms with Gasteiger partial charge in [0.25, 0.3) is 5.91 Å². The molecule has 0 atom stereocenters. The van der Waals surface area contributed by atoms with Gasteiger partial charge < -0.3 is 10.1 Å². The fraction of sp³-hybridized carbons (Fsp3) is 0.125. The summed E-state index contributed by atoms with van der Waals surface area (Å²) in [5, 5.41) is 3.74. The zero-order chi connectivity index (χ0) is 20.4. The number of anilines is 1. The number of nitrogens with zero attached hydrogens (tertiary/aromatic N) is 2. The van der Waals surface area contributed by atoms with Crippen LogP contribution in [0.1, 0.15) is 21.5 Å². The normalized spacial score (nSPS) is 10.7. The highest BCUT2D eigenvalue weighted by Gasteiger charge is 2.19. The first kappa shape index (κ1) is 18.6. The number of carbonyl (C=O) groups is 1. The lowest BCUT2D eigenvalue weighted by atomic mass is 9.97. The van der Waals surface area contributed by atoms with Crippen LogP contribution >= 0.6 is 0 Å². The summed E-state index contributed by atoms with van der Waals surface area (Å²) >= 11 is 0. The second-order valence-electron chi connectivity index (χ2n) is 6.88. The van der Waals surface area contributed by atoms with Crippen LogP contribution in [0.4, 0.5) is 5.82 Å². The molecule has 0 spiro atoms. The van der Waals surface area contributed by atoms with Gasteiger partial charge in [0.2, 0.25) is 0 Å². The van der Waals surface area contributed by atoms with Crippen molar-refractivity contribution in [2.24, 2.45) is 0 Å². The molecule has 0 unspecified atom stereocenters. The first-order valence-corrected chi connectivity index (χ1v) is 9.34. The van der Waals surface area contributed by atoms with Crippen LogP contribution in [-0.4, -0.2) is 23.0 Å². The number of pyridine rings is 2. The Balaban J connectivity index is 1.85. The number of methoxy groups -OCH3 is 1. The largest absolute Gasteiger partial charge is 0.497 e. The van der Waals surface area contributed by atoms with Crippen molar-refractivity contribution in [3.63, 3.8) is 0 Å². The van der Waals surface area contributed by atoms with Gasteiger partial charge >= 0.3 is 0 Å². The summed E-state index contributed by atoms with van der Waals surface area (Å²) in [6.07, 6.45) is 1.69. The van der Waals surface area contributed by atoms with Crippen LogP contribution in [0.3, 0.4) is 0 Å². The van der Waals surface area contributed by atoms with Crippen LogP contribution in [0.5, 0.6) is 5.75 Å². The van der Waals surface area contributed by atoms with E-state index in [2.05, 4.69) is 10.3 Å². The van der Waals surface area contributed by atoms with Crippen molar-refractivity contribution in [1.82, 2.24) is 9.97 Å². The van der Waals surface area contributed by atoms with Gasteiger partial charge in [-0.1, -0.05) is 18.2 Å². The molecule has 2 aromatic carbocycles. The SMILES string of the molecule is COc1ccc(-c2nc3ccccc3c(C(=O)Nc3cc(C)ccn3)c2C)cc1. The molecule has 5 heteroatoms. The van der Waals surface area contributed by atoms with Crippen LogP contribution < -0.4 is 10.1 Å². The molecule has 0 saturated heterocycles. The van der Waals surface area contributed by atoms with Gasteiger partial charge in [0.15, 0.2) is 0 Å². The summed E-state index contributed by atoms with van der Waals surface area (Å²) in [7, 11) is 1.64. The van der Waals surface area contributed by atoms with Crippen molar-refractivity contribution in [3.8, 4) is 17.0 Å². The van der Waals surface area contributed by atoms with Crippen molar-refractivity contribution in [2.75, 3.05) is 12.4 Å². The first-order chi connectivity index (χ1) is 14.1. The number of rotatable bonds is 4. The molecule has 0 fully saturated rings. The maximum absolute atomic E-state index is 13.2. The Labute approximate surface area is 169 Å². The third-order valence-electron chi connectivity index (χ3n) is 4.88. The maximum atomic E-state index is 13.2. The number of nitrogens with one attached hydrogen (secondary N) is 1. The van der Waals surface area contributed by atoms with E-state index in [1.54, 1.807) is 13.3 Å². The van der Waals surface area contributed by atoms with Gasteiger partial charge in [-0.15, -0.1) is 0 Å². The van der Waals surface area contributed by atoms with E-state index in [0.29, 0.717) is 11.4 Å². The third kappa shape index (κ3) is 3.67. The molecule has 1 N–H and O–H groups in total. The van der Waals surface area contributed by atoms with E-state index < -0.39 is 0 Å². The molecule has 0 radical (unpaired) electrons. The Hall–Kier alpha value is -3.73. The Morgan fingerprint density at radius 1 is 1.00 bits per heavy atom. The molecule has 0 aliphatic heterocycles. The highest BCUT2D eigenvalue weighted by Crippen LogP contribution is 2.31. The lowest BCUT2D eigenvalue weighted by Crippen LogP contribution is -2.16. The first-order valence-electron chi connectivity index (χ1n) is 9.34. The molecule has 0 saturated carbocycles. The van der Waals surface area contributed by atoms with Gasteiger partial charge in [0.05, 0.1) is 23.9 Å². The molecule has 144 valence electrons. The average molecular weight is 383 g/mol. The number of fused-ring (bicyclic) bond motifs is 1. The van der Waals surface area contributed by atoms with Crippen LogP contribution in [0.25, 0.3) is 22.2 Å². The minimum absolute atomic E-state index is 0.200. The molecular formula is C24H21N3O2. The number of aromatic nitrogens is 2. The maximum Gasteiger partial charge on any atom is 0.257 e. The van der Waals surface area contributed by atoms with Gasteiger partial charge in [-0.05, 0) is 67.4 Å². The van der Waals surface area contributed by atoms with Crippen LogP contribution in [0.15, 0.2) is 66.9 Å². The average Bonchev–Trinajstić information content (AvgIpc) is 2.73. The quantitative estimate of drug-likeness (QED) is 0.528. The lowest BCUT2D eigenvalue weighted by Gasteiger charge is -2.15. The molecule has 0 bridgehead atoms. The number of carbonyl (C=O) groups excluding carboxylic acids is 1. The summed E-state index contributed by atoms with van der Waals surface area (Å²) in [6.45, 7) is 3.89. The van der Waals surface area contributed by atoms with Crippen molar-refractivity contribution in [3.05, 3.63) is 83.6 Å². The highest BCUT2D eigenvalue weighted by molar-refractivity contribution is 6.14. The Kier molecular flexibility index (Phi) is 4.96. The lowest BCUT2D eigenvalue weighted by molar-refractivity contribution is 0.102. The predicted octanol–water partition coefficient (Wildman–Crippen LogP) is 5.17.